The van der Waals surface area contributed by atoms with E-state index in [0.717, 1.165) is 60.9 Å². The van der Waals surface area contributed by atoms with Crippen molar-refractivity contribution in [3.05, 3.63) is 100 Å². The molecule has 3 heterocycles. The Morgan fingerprint density at radius 1 is 0.677 bits per heavy atom. The normalized spacial score (nSPS) is 14.9. The average Bonchev–Trinajstić information content (AvgIpc) is 3.45. The van der Waals surface area contributed by atoms with Crippen LogP contribution in [0.5, 0.6) is 0 Å². The summed E-state index contributed by atoms with van der Waals surface area (Å²) < 4.78 is 0. The largest absolute Gasteiger partial charge is 0.364 e. The van der Waals surface area contributed by atoms with E-state index in [1.54, 1.807) is 0 Å². The van der Waals surface area contributed by atoms with Gasteiger partial charge in [0.2, 0.25) is 0 Å². The topological polar surface area (TPSA) is 60.7 Å². The Hall–Kier alpha value is -3.79. The zero-order chi connectivity index (χ0) is 21.3. The van der Waals surface area contributed by atoms with Crippen LogP contribution in [0.15, 0.2) is 67.0 Å². The Kier molecular flexibility index (Phi) is 3.55. The number of Topliss-reactive ketones (excluding diaryl/α,β-unsaturated/α-hetero) is 1. The predicted molar refractivity (Wildman–Crippen MR) is 126 cm³/mol. The number of rotatable bonds is 2. The van der Waals surface area contributed by atoms with Gasteiger partial charge in [0.05, 0.1) is 0 Å². The van der Waals surface area contributed by atoms with Crippen LogP contribution in [0.2, 0.25) is 0 Å². The second-order valence-electron chi connectivity index (χ2n) is 8.60. The minimum Gasteiger partial charge on any atom is -0.364 e. The highest BCUT2D eigenvalue weighted by Crippen LogP contribution is 2.49. The summed E-state index contributed by atoms with van der Waals surface area (Å²) in [4.78, 5) is 21.1. The van der Waals surface area contributed by atoms with Crippen LogP contribution in [0.3, 0.4) is 0 Å². The summed E-state index contributed by atoms with van der Waals surface area (Å²) in [6.07, 6.45) is 4.00. The maximum Gasteiger partial charge on any atom is 0.199 e. The highest BCUT2D eigenvalue weighted by molar-refractivity contribution is 6.19. The maximum absolute atomic E-state index is 14.2. The molecule has 0 bridgehead atoms. The van der Waals surface area contributed by atoms with Crippen molar-refractivity contribution in [2.45, 2.75) is 26.3 Å². The molecule has 0 amide bonds. The molecular weight excluding hydrogens is 382 g/mol. The number of aromatic amines is 2. The first-order valence-electron chi connectivity index (χ1n) is 10.6. The number of benzene rings is 3. The number of carbonyl (C=O) groups excluding carboxylic acids is 1. The molecule has 0 saturated carbocycles. The summed E-state index contributed by atoms with van der Waals surface area (Å²) in [5.41, 5.74) is 8.07. The monoisotopic (exact) mass is 405 g/mol. The highest BCUT2D eigenvalue weighted by atomic mass is 16.1. The smallest absolute Gasteiger partial charge is 0.199 e. The molecular formula is C27H23N3O. The molecule has 0 radical (unpaired) electrons. The van der Waals surface area contributed by atoms with Gasteiger partial charge in [0.15, 0.2) is 11.3 Å². The minimum absolute atomic E-state index is 0.0796. The minimum atomic E-state index is -1.01. The Labute approximate surface area is 180 Å². The number of H-pyrrole nitrogens is 2. The summed E-state index contributed by atoms with van der Waals surface area (Å²) >= 11 is 0. The molecule has 6 rings (SSSR count). The molecule has 1 aliphatic rings. The standard InChI is InChI=1S/C27H23N3O/c1-15-7-4-10-18-21(13-28-23(15)18)27(22-14-29-24-16(2)8-5-11-19(22)24)26(31)20-12-6-9-17(3)25(20)30-27/h4-14,28-30H,1-3H3. The number of aryl methyl sites for hydroxylation is 3. The van der Waals surface area contributed by atoms with Gasteiger partial charge in [0.25, 0.3) is 0 Å². The quantitative estimate of drug-likeness (QED) is 0.331. The van der Waals surface area contributed by atoms with E-state index >= 15 is 0 Å². The molecule has 4 heteroatoms. The number of aromatic nitrogens is 2. The molecule has 0 unspecified atom stereocenters. The lowest BCUT2D eigenvalue weighted by Crippen LogP contribution is -2.39. The molecule has 5 aromatic rings. The summed E-state index contributed by atoms with van der Waals surface area (Å²) in [6.45, 7) is 6.23. The Morgan fingerprint density at radius 2 is 1.19 bits per heavy atom. The van der Waals surface area contributed by atoms with E-state index in [1.807, 2.05) is 37.5 Å². The first-order chi connectivity index (χ1) is 15.0. The first kappa shape index (κ1) is 18.0. The fraction of sp³-hybridized carbons (Fsp3) is 0.148. The SMILES string of the molecule is Cc1cccc2c1NC(c1c[nH]c3c(C)cccc13)(c1c[nH]c3c(C)cccc13)C2=O. The second kappa shape index (κ2) is 6.11. The van der Waals surface area contributed by atoms with Gasteiger partial charge in [0, 0.05) is 56.6 Å². The van der Waals surface area contributed by atoms with Gasteiger partial charge in [-0.3, -0.25) is 4.79 Å². The van der Waals surface area contributed by atoms with Crippen LogP contribution in [0.1, 0.15) is 38.2 Å². The summed E-state index contributed by atoms with van der Waals surface area (Å²) in [6, 6.07) is 18.4. The van der Waals surface area contributed by atoms with Gasteiger partial charge in [-0.1, -0.05) is 48.5 Å². The van der Waals surface area contributed by atoms with Crippen molar-refractivity contribution in [2.75, 3.05) is 5.32 Å². The van der Waals surface area contributed by atoms with E-state index in [1.165, 1.54) is 0 Å². The Bertz CT molecular complexity index is 1440. The highest BCUT2D eigenvalue weighted by Gasteiger charge is 2.51. The third kappa shape index (κ3) is 2.22. The molecule has 0 aliphatic carbocycles. The molecule has 0 atom stereocenters. The molecule has 31 heavy (non-hydrogen) atoms. The molecule has 0 spiro atoms. The van der Waals surface area contributed by atoms with Gasteiger partial charge >= 0.3 is 0 Å². The van der Waals surface area contributed by atoms with Crippen molar-refractivity contribution >= 4 is 33.3 Å². The lowest BCUT2D eigenvalue weighted by atomic mass is 9.79. The molecule has 1 aliphatic heterocycles. The molecule has 3 aromatic carbocycles. The van der Waals surface area contributed by atoms with E-state index in [4.69, 9.17) is 0 Å². The van der Waals surface area contributed by atoms with Crippen molar-refractivity contribution in [3.63, 3.8) is 0 Å². The summed E-state index contributed by atoms with van der Waals surface area (Å²) in [5.74, 6) is 0.0796. The Morgan fingerprint density at radius 3 is 1.74 bits per heavy atom. The van der Waals surface area contributed by atoms with Gasteiger partial charge in [-0.25, -0.2) is 0 Å². The summed E-state index contributed by atoms with van der Waals surface area (Å²) in [5, 5.41) is 5.83. The van der Waals surface area contributed by atoms with Gasteiger partial charge < -0.3 is 15.3 Å². The molecule has 0 saturated heterocycles. The number of ketones is 1. The van der Waals surface area contributed by atoms with E-state index < -0.39 is 5.54 Å². The molecule has 2 aromatic heterocycles. The van der Waals surface area contributed by atoms with Crippen LogP contribution in [-0.4, -0.2) is 15.8 Å². The number of hydrogen-bond acceptors (Lipinski definition) is 2. The maximum atomic E-state index is 14.2. The fourth-order valence-electron chi connectivity index (χ4n) is 5.23. The number of nitrogens with one attached hydrogen (secondary N) is 3. The molecule has 152 valence electrons. The van der Waals surface area contributed by atoms with Crippen LogP contribution in [0, 0.1) is 20.8 Å². The molecule has 4 nitrogen and oxygen atoms in total. The van der Waals surface area contributed by atoms with Gasteiger partial charge in [0.1, 0.15) is 0 Å². The average molecular weight is 406 g/mol. The van der Waals surface area contributed by atoms with Crippen molar-refractivity contribution < 1.29 is 4.79 Å². The van der Waals surface area contributed by atoms with Gasteiger partial charge in [-0.15, -0.1) is 0 Å². The molecule has 3 N–H and O–H groups in total. The number of anilines is 1. The van der Waals surface area contributed by atoms with Crippen LogP contribution in [0.4, 0.5) is 5.69 Å². The number of fused-ring (bicyclic) bond motifs is 3. The predicted octanol–water partition coefficient (Wildman–Crippen LogP) is 6.13. The van der Waals surface area contributed by atoms with Crippen LogP contribution < -0.4 is 5.32 Å². The number of hydrogen-bond donors (Lipinski definition) is 3. The van der Waals surface area contributed by atoms with Gasteiger partial charge in [-0.05, 0) is 43.5 Å². The zero-order valence-electron chi connectivity index (χ0n) is 17.8. The van der Waals surface area contributed by atoms with Crippen LogP contribution >= 0.6 is 0 Å². The number of carbonyl (C=O) groups is 1. The van der Waals surface area contributed by atoms with E-state index in [2.05, 4.69) is 65.5 Å². The first-order valence-corrected chi connectivity index (χ1v) is 10.6. The van der Waals surface area contributed by atoms with E-state index in [0.29, 0.717) is 0 Å². The third-order valence-electron chi connectivity index (χ3n) is 6.83. The number of para-hydroxylation sites is 3. The summed E-state index contributed by atoms with van der Waals surface area (Å²) in [7, 11) is 0. The Balaban J connectivity index is 1.74. The lowest BCUT2D eigenvalue weighted by molar-refractivity contribution is 0.0942. The zero-order valence-corrected chi connectivity index (χ0v) is 17.8. The van der Waals surface area contributed by atoms with Crippen molar-refractivity contribution in [2.24, 2.45) is 0 Å². The van der Waals surface area contributed by atoms with Crippen LogP contribution in [0.25, 0.3) is 21.8 Å². The van der Waals surface area contributed by atoms with Gasteiger partial charge in [-0.2, -0.15) is 0 Å². The lowest BCUT2D eigenvalue weighted by Gasteiger charge is -2.29. The fourth-order valence-corrected chi connectivity index (χ4v) is 5.23. The third-order valence-corrected chi connectivity index (χ3v) is 6.83. The van der Waals surface area contributed by atoms with Crippen molar-refractivity contribution in [1.29, 1.82) is 0 Å². The molecule has 0 fully saturated rings. The van der Waals surface area contributed by atoms with Crippen molar-refractivity contribution in [1.82, 2.24) is 9.97 Å². The van der Waals surface area contributed by atoms with Crippen molar-refractivity contribution in [3.8, 4) is 0 Å². The second-order valence-corrected chi connectivity index (χ2v) is 8.60. The van der Waals surface area contributed by atoms with E-state index in [-0.39, 0.29) is 5.78 Å². The van der Waals surface area contributed by atoms with Crippen LogP contribution in [-0.2, 0) is 5.54 Å². The van der Waals surface area contributed by atoms with E-state index in [9.17, 15) is 4.79 Å².